The van der Waals surface area contributed by atoms with Gasteiger partial charge in [-0.25, -0.2) is 22.2 Å². The number of hydrogen-bond acceptors (Lipinski definition) is 10. The fourth-order valence-electron chi connectivity index (χ4n) is 3.66. The predicted octanol–water partition coefficient (Wildman–Crippen LogP) is 2.68. The van der Waals surface area contributed by atoms with Crippen LogP contribution in [0.2, 0.25) is 0 Å². The second-order valence-corrected chi connectivity index (χ2v) is 11.0. The van der Waals surface area contributed by atoms with Gasteiger partial charge in [-0.2, -0.15) is 8.78 Å². The molecule has 0 aliphatic heterocycles. The van der Waals surface area contributed by atoms with Crippen LogP contribution in [0.5, 0.6) is 23.0 Å². The van der Waals surface area contributed by atoms with Gasteiger partial charge in [0, 0.05) is 47.9 Å². The summed E-state index contributed by atoms with van der Waals surface area (Å²) < 4.78 is 87.8. The zero-order chi connectivity index (χ0) is 29.0. The molecule has 4 aromatic rings. The number of alkyl halides is 2. The molecular formula is C24H21F2N3NaO9S2. The summed E-state index contributed by atoms with van der Waals surface area (Å²) in [6, 6.07) is 9.78. The second kappa shape index (κ2) is 13.6. The molecule has 1 radical (unpaired) electrons. The van der Waals surface area contributed by atoms with E-state index in [9.17, 15) is 26.2 Å². The van der Waals surface area contributed by atoms with E-state index in [1.165, 1.54) is 50.7 Å². The number of carbonyl (C=O) groups is 1. The van der Waals surface area contributed by atoms with Gasteiger partial charge in [-0.15, -0.1) is 0 Å². The van der Waals surface area contributed by atoms with Crippen molar-refractivity contribution in [2.24, 2.45) is 0 Å². The van der Waals surface area contributed by atoms with Gasteiger partial charge in [0.25, 0.3) is 10.0 Å². The Hall–Kier alpha value is -3.31. The van der Waals surface area contributed by atoms with E-state index in [4.69, 9.17) is 19.3 Å². The number of aromatic nitrogens is 3. The van der Waals surface area contributed by atoms with E-state index >= 15 is 0 Å². The van der Waals surface area contributed by atoms with Crippen molar-refractivity contribution in [2.45, 2.75) is 22.4 Å². The molecular weight excluding hydrogens is 599 g/mol. The number of pyridine rings is 1. The molecule has 213 valence electrons. The standard InChI is InChI=1S/C24H21F2N3O9S2.Na/c1-35-20-9-10-27-18(22(20)36-2)13-39(32)24-28-17-8-5-15(38-23(25)26)11-19(17)29(24)40(33,34)16-6-3-14(4-7-16)37-12-21(30)31;/h3-11,23H,12-13H2,1-2H3,(H,30,31);. The summed E-state index contributed by atoms with van der Waals surface area (Å²) in [5.74, 6) is -1.31. The van der Waals surface area contributed by atoms with Gasteiger partial charge >= 0.3 is 12.6 Å². The van der Waals surface area contributed by atoms with E-state index in [1.807, 2.05) is 0 Å². The minimum absolute atomic E-state index is 0. The molecule has 1 atom stereocenters. The number of halogens is 2. The monoisotopic (exact) mass is 620 g/mol. The van der Waals surface area contributed by atoms with Crippen LogP contribution in [0.3, 0.4) is 0 Å². The summed E-state index contributed by atoms with van der Waals surface area (Å²) in [5, 5.41) is 8.36. The topological polar surface area (TPSA) is 156 Å². The molecule has 0 aliphatic carbocycles. The molecule has 0 fully saturated rings. The van der Waals surface area contributed by atoms with Crippen LogP contribution in [0, 0.1) is 0 Å². The number of rotatable bonds is 12. The number of nitrogens with zero attached hydrogens (tertiary/aromatic N) is 3. The first-order valence-electron chi connectivity index (χ1n) is 11.2. The Kier molecular flexibility index (Phi) is 10.7. The van der Waals surface area contributed by atoms with Crippen molar-refractivity contribution in [1.29, 1.82) is 0 Å². The van der Waals surface area contributed by atoms with Gasteiger partial charge in [-0.1, -0.05) is 0 Å². The number of carboxylic acid groups (broad SMARTS) is 1. The third-order valence-corrected chi connectivity index (χ3v) is 8.39. The summed E-state index contributed by atoms with van der Waals surface area (Å²) >= 11 is 0. The molecule has 17 heteroatoms. The SMILES string of the molecule is COc1ccnc(CS(=O)c2nc3ccc(OC(F)F)cc3n2S(=O)(=O)c2ccc(OCC(=O)O)cc2)c1OC.[Na]. The second-order valence-electron chi connectivity index (χ2n) is 7.83. The number of hydrogen-bond donors (Lipinski definition) is 1. The zero-order valence-corrected chi connectivity index (χ0v) is 25.4. The molecule has 0 aliphatic rings. The number of fused-ring (bicyclic) bond motifs is 1. The largest absolute Gasteiger partial charge is 0.493 e. The molecule has 0 spiro atoms. The number of ether oxygens (including phenoxy) is 4. The first-order chi connectivity index (χ1) is 19.0. The minimum atomic E-state index is -4.54. The van der Waals surface area contributed by atoms with Crippen LogP contribution < -0.4 is 18.9 Å². The molecule has 0 bridgehead atoms. The Morgan fingerprint density at radius 3 is 2.37 bits per heavy atom. The summed E-state index contributed by atoms with van der Waals surface area (Å²) in [7, 11) is -3.93. The molecule has 1 N–H and O–H groups in total. The molecule has 41 heavy (non-hydrogen) atoms. The van der Waals surface area contributed by atoms with Crippen molar-refractivity contribution in [3.8, 4) is 23.0 Å². The molecule has 2 heterocycles. The predicted molar refractivity (Wildman–Crippen MR) is 142 cm³/mol. The molecule has 12 nitrogen and oxygen atoms in total. The van der Waals surface area contributed by atoms with Crippen molar-refractivity contribution < 1.29 is 50.3 Å². The zero-order valence-electron chi connectivity index (χ0n) is 21.8. The molecule has 2 aromatic carbocycles. The maximum atomic E-state index is 13.8. The fraction of sp³-hybridized carbons (Fsp3) is 0.208. The first kappa shape index (κ1) is 32.2. The van der Waals surface area contributed by atoms with Gasteiger partial charge in [0.1, 0.15) is 11.5 Å². The van der Waals surface area contributed by atoms with Crippen molar-refractivity contribution in [2.75, 3.05) is 20.8 Å². The average Bonchev–Trinajstić information content (AvgIpc) is 3.31. The van der Waals surface area contributed by atoms with Crippen molar-refractivity contribution >= 4 is 67.4 Å². The van der Waals surface area contributed by atoms with Gasteiger partial charge in [-0.05, 0) is 36.4 Å². The Morgan fingerprint density at radius 2 is 1.76 bits per heavy atom. The third-order valence-electron chi connectivity index (χ3n) is 5.34. The third kappa shape index (κ3) is 7.13. The Morgan fingerprint density at radius 1 is 1.07 bits per heavy atom. The van der Waals surface area contributed by atoms with E-state index in [0.29, 0.717) is 9.72 Å². The molecule has 2 aromatic heterocycles. The minimum Gasteiger partial charge on any atom is -0.493 e. The Balaban J connectivity index is 0.00000462. The summed E-state index contributed by atoms with van der Waals surface area (Å²) in [5.41, 5.74) is 0.0663. The van der Waals surface area contributed by atoms with E-state index in [0.717, 1.165) is 18.2 Å². The number of imidazole rings is 1. The van der Waals surface area contributed by atoms with Gasteiger partial charge in [0.05, 0.1) is 52.4 Å². The quantitative estimate of drug-likeness (QED) is 0.232. The molecule has 0 saturated heterocycles. The molecule has 0 saturated carbocycles. The summed E-state index contributed by atoms with van der Waals surface area (Å²) in [6.07, 6.45) is 1.40. The van der Waals surface area contributed by atoms with Crippen LogP contribution in [0.1, 0.15) is 5.69 Å². The van der Waals surface area contributed by atoms with Crippen LogP contribution >= 0.6 is 0 Å². The van der Waals surface area contributed by atoms with Gasteiger partial charge in [0.15, 0.2) is 18.1 Å². The van der Waals surface area contributed by atoms with Gasteiger partial charge in [-0.3, -0.25) is 9.19 Å². The first-order valence-corrected chi connectivity index (χ1v) is 13.9. The smallest absolute Gasteiger partial charge is 0.387 e. The molecule has 4 rings (SSSR count). The summed E-state index contributed by atoms with van der Waals surface area (Å²) in [6.45, 7) is -3.82. The maximum Gasteiger partial charge on any atom is 0.387 e. The van der Waals surface area contributed by atoms with E-state index in [2.05, 4.69) is 14.7 Å². The van der Waals surface area contributed by atoms with Gasteiger partial charge in [0.2, 0.25) is 5.16 Å². The van der Waals surface area contributed by atoms with Gasteiger partial charge < -0.3 is 24.1 Å². The Bertz CT molecular complexity index is 1680. The van der Waals surface area contributed by atoms with E-state index < -0.39 is 45.2 Å². The normalized spacial score (nSPS) is 12.0. The number of methoxy groups -OCH3 is 2. The van der Waals surface area contributed by atoms with Crippen molar-refractivity contribution in [1.82, 2.24) is 13.9 Å². The maximum absolute atomic E-state index is 13.8. The van der Waals surface area contributed by atoms with E-state index in [-0.39, 0.29) is 74.2 Å². The van der Waals surface area contributed by atoms with E-state index in [1.54, 1.807) is 0 Å². The Labute approximate surface area is 257 Å². The number of benzene rings is 2. The molecule has 0 amide bonds. The van der Waals surface area contributed by atoms with Crippen LogP contribution in [0.15, 0.2) is 64.8 Å². The number of carboxylic acids is 1. The average molecular weight is 621 g/mol. The van der Waals surface area contributed by atoms with Crippen LogP contribution in [-0.4, -0.2) is 94.6 Å². The van der Waals surface area contributed by atoms with Crippen LogP contribution in [-0.2, 0) is 31.4 Å². The van der Waals surface area contributed by atoms with Crippen molar-refractivity contribution in [3.63, 3.8) is 0 Å². The molecule has 1 unspecified atom stereocenters. The van der Waals surface area contributed by atoms with Crippen molar-refractivity contribution in [3.05, 3.63) is 60.4 Å². The van der Waals surface area contributed by atoms with Crippen LogP contribution in [0.25, 0.3) is 11.0 Å². The van der Waals surface area contributed by atoms with Crippen LogP contribution in [0.4, 0.5) is 8.78 Å². The summed E-state index contributed by atoms with van der Waals surface area (Å²) in [4.78, 5) is 18.9. The number of aliphatic carboxylic acids is 1. The fourth-order valence-corrected chi connectivity index (χ4v) is 6.62.